The van der Waals surface area contributed by atoms with Gasteiger partial charge >= 0.3 is 5.97 Å². The van der Waals surface area contributed by atoms with Crippen LogP contribution in [0.15, 0.2) is 0 Å². The van der Waals surface area contributed by atoms with E-state index in [-0.39, 0.29) is 12.5 Å². The van der Waals surface area contributed by atoms with Crippen molar-refractivity contribution in [3.63, 3.8) is 0 Å². The molecule has 0 amide bonds. The molecule has 0 aromatic carbocycles. The van der Waals surface area contributed by atoms with Gasteiger partial charge in [-0.15, -0.1) is 0 Å². The summed E-state index contributed by atoms with van der Waals surface area (Å²) in [6, 6.07) is 0. The molecule has 0 aliphatic carbocycles. The monoisotopic (exact) mass is 232 g/mol. The largest absolute Gasteiger partial charge is 0.468 e. The van der Waals surface area contributed by atoms with Gasteiger partial charge in [0, 0.05) is 0 Å². The Morgan fingerprint density at radius 3 is 2.06 bits per heavy atom. The van der Waals surface area contributed by atoms with Crippen LogP contribution >= 0.6 is 0 Å². The van der Waals surface area contributed by atoms with Crippen LogP contribution in [0.5, 0.6) is 0 Å². The average molecular weight is 232 g/mol. The fourth-order valence-electron chi connectivity index (χ4n) is 1.37. The van der Waals surface area contributed by atoms with Crippen LogP contribution in [0.2, 0.25) is 0 Å². The summed E-state index contributed by atoms with van der Waals surface area (Å²) in [6.07, 6.45) is 4.18. The number of hydrogen-bond acceptors (Lipinski definition) is 4. The van der Waals surface area contributed by atoms with Gasteiger partial charge < -0.3 is 15.8 Å². The topological polar surface area (TPSA) is 64.3 Å². The molecular formula is C12H28N2O2. The zero-order chi connectivity index (χ0) is 12.8. The zero-order valence-electron chi connectivity index (χ0n) is 11.2. The fraction of sp³-hybridized carbons (Fsp3) is 0.917. The molecule has 98 valence electrons. The third-order valence-corrected chi connectivity index (χ3v) is 2.43. The first-order chi connectivity index (χ1) is 7.74. The van der Waals surface area contributed by atoms with Crippen LogP contribution in [-0.2, 0) is 9.53 Å². The number of hydrogen-bond donors (Lipinski definition) is 2. The molecule has 16 heavy (non-hydrogen) atoms. The van der Waals surface area contributed by atoms with Gasteiger partial charge in [-0.3, -0.25) is 4.79 Å². The maximum absolute atomic E-state index is 9.83. The molecule has 0 radical (unpaired) electrons. The van der Waals surface area contributed by atoms with Gasteiger partial charge in [0.15, 0.2) is 0 Å². The molecule has 0 aromatic heterocycles. The van der Waals surface area contributed by atoms with E-state index in [2.05, 4.69) is 17.0 Å². The Hall–Kier alpha value is -0.610. The third-order valence-electron chi connectivity index (χ3n) is 2.43. The van der Waals surface area contributed by atoms with E-state index in [1.807, 2.05) is 13.8 Å². The summed E-state index contributed by atoms with van der Waals surface area (Å²) >= 11 is 0. The first kappa shape index (κ1) is 17.8. The second-order valence-corrected chi connectivity index (χ2v) is 3.38. The summed E-state index contributed by atoms with van der Waals surface area (Å²) in [6.45, 7) is 8.75. The molecule has 0 spiro atoms. The van der Waals surface area contributed by atoms with Crippen LogP contribution in [0.4, 0.5) is 0 Å². The lowest BCUT2D eigenvalue weighted by atomic mass is 9.96. The lowest BCUT2D eigenvalue weighted by Crippen LogP contribution is -2.27. The fourth-order valence-corrected chi connectivity index (χ4v) is 1.37. The van der Waals surface area contributed by atoms with E-state index in [0.29, 0.717) is 0 Å². The lowest BCUT2D eigenvalue weighted by Gasteiger charge is -2.20. The molecule has 1 heterocycles. The van der Waals surface area contributed by atoms with Gasteiger partial charge in [0.2, 0.25) is 0 Å². The van der Waals surface area contributed by atoms with Gasteiger partial charge in [0.1, 0.15) is 0 Å². The summed E-state index contributed by atoms with van der Waals surface area (Å²) in [4.78, 5) is 9.83. The van der Waals surface area contributed by atoms with Crippen molar-refractivity contribution in [2.24, 2.45) is 11.7 Å². The highest BCUT2D eigenvalue weighted by Crippen LogP contribution is 2.13. The van der Waals surface area contributed by atoms with Crippen molar-refractivity contribution in [2.45, 2.75) is 40.0 Å². The number of rotatable bonds is 2. The van der Waals surface area contributed by atoms with Crippen LogP contribution in [-0.4, -0.2) is 32.7 Å². The molecular weight excluding hydrogens is 204 g/mol. The van der Waals surface area contributed by atoms with Crippen molar-refractivity contribution in [1.29, 1.82) is 0 Å². The summed E-state index contributed by atoms with van der Waals surface area (Å²) < 4.78 is 4.14. The number of nitrogens with two attached hydrogens (primary N) is 1. The molecule has 1 aliphatic rings. The first-order valence-corrected chi connectivity index (χ1v) is 6.22. The quantitative estimate of drug-likeness (QED) is 0.709. The normalized spacial score (nSPS) is 15.1. The van der Waals surface area contributed by atoms with Gasteiger partial charge in [0.25, 0.3) is 0 Å². The Morgan fingerprint density at radius 1 is 1.38 bits per heavy atom. The van der Waals surface area contributed by atoms with E-state index >= 15 is 0 Å². The highest BCUT2D eigenvalue weighted by atomic mass is 16.5. The van der Waals surface area contributed by atoms with Crippen molar-refractivity contribution in [2.75, 3.05) is 26.7 Å². The summed E-state index contributed by atoms with van der Waals surface area (Å²) in [5.41, 5.74) is 4.81. The van der Waals surface area contributed by atoms with Crippen LogP contribution in [0.1, 0.15) is 40.0 Å². The highest BCUT2D eigenvalue weighted by Gasteiger charge is 2.08. The Balaban J connectivity index is 0. The Bertz CT molecular complexity index is 140. The van der Waals surface area contributed by atoms with Gasteiger partial charge in [-0.1, -0.05) is 27.2 Å². The molecule has 0 aromatic rings. The smallest absolute Gasteiger partial charge is 0.319 e. The van der Waals surface area contributed by atoms with Crippen molar-refractivity contribution < 1.29 is 9.53 Å². The SMILES string of the molecule is CC.CCC1CCNCC1.COC(=O)CN. The summed E-state index contributed by atoms with van der Waals surface area (Å²) in [7, 11) is 1.30. The predicted octanol–water partition coefficient (Wildman–Crippen LogP) is 1.54. The molecule has 1 saturated heterocycles. The minimum absolute atomic E-state index is 0.0312. The summed E-state index contributed by atoms with van der Waals surface area (Å²) in [5, 5.41) is 3.35. The second kappa shape index (κ2) is 14.4. The minimum Gasteiger partial charge on any atom is -0.468 e. The number of piperidine rings is 1. The molecule has 1 fully saturated rings. The maximum atomic E-state index is 9.83. The van der Waals surface area contributed by atoms with Crippen molar-refractivity contribution >= 4 is 5.97 Å². The number of carbonyl (C=O) groups is 1. The van der Waals surface area contributed by atoms with Gasteiger partial charge in [-0.2, -0.15) is 0 Å². The highest BCUT2D eigenvalue weighted by molar-refractivity contribution is 5.70. The zero-order valence-corrected chi connectivity index (χ0v) is 11.2. The van der Waals surface area contributed by atoms with Crippen LogP contribution < -0.4 is 11.1 Å². The van der Waals surface area contributed by atoms with E-state index in [1.54, 1.807) is 0 Å². The number of esters is 1. The van der Waals surface area contributed by atoms with Gasteiger partial charge in [-0.25, -0.2) is 0 Å². The Labute approximate surface area is 99.9 Å². The van der Waals surface area contributed by atoms with E-state index in [1.165, 1.54) is 39.5 Å². The molecule has 1 aliphatic heterocycles. The number of carbonyl (C=O) groups excluding carboxylic acids is 1. The van der Waals surface area contributed by atoms with Crippen molar-refractivity contribution in [3.05, 3.63) is 0 Å². The summed E-state index contributed by atoms with van der Waals surface area (Å²) in [5.74, 6) is 0.645. The predicted molar refractivity (Wildman–Crippen MR) is 68.3 cm³/mol. The Kier molecular flexibility index (Phi) is 16.0. The standard InChI is InChI=1S/C7H15N.C3H7NO2.C2H6/c1-2-7-3-5-8-6-4-7;1-6-3(5)2-4;1-2/h7-8H,2-6H2,1H3;2,4H2,1H3;1-2H3. The molecule has 0 bridgehead atoms. The lowest BCUT2D eigenvalue weighted by molar-refractivity contribution is -0.138. The van der Waals surface area contributed by atoms with Crippen molar-refractivity contribution in [3.8, 4) is 0 Å². The van der Waals surface area contributed by atoms with E-state index in [0.717, 1.165) is 5.92 Å². The van der Waals surface area contributed by atoms with Crippen LogP contribution in [0.3, 0.4) is 0 Å². The van der Waals surface area contributed by atoms with Crippen LogP contribution in [0, 0.1) is 5.92 Å². The molecule has 0 unspecified atom stereocenters. The van der Waals surface area contributed by atoms with Gasteiger partial charge in [-0.05, 0) is 31.8 Å². The van der Waals surface area contributed by atoms with Crippen LogP contribution in [0.25, 0.3) is 0 Å². The Morgan fingerprint density at radius 2 is 1.88 bits per heavy atom. The number of methoxy groups -OCH3 is 1. The molecule has 0 saturated carbocycles. The number of nitrogens with one attached hydrogen (secondary N) is 1. The minimum atomic E-state index is -0.380. The average Bonchev–Trinajstić information content (AvgIpc) is 2.41. The van der Waals surface area contributed by atoms with Crippen molar-refractivity contribution in [1.82, 2.24) is 5.32 Å². The van der Waals surface area contributed by atoms with Gasteiger partial charge in [0.05, 0.1) is 13.7 Å². The molecule has 1 rings (SSSR count). The van der Waals surface area contributed by atoms with E-state index in [4.69, 9.17) is 5.73 Å². The molecule has 4 nitrogen and oxygen atoms in total. The maximum Gasteiger partial charge on any atom is 0.319 e. The molecule has 4 heteroatoms. The van der Waals surface area contributed by atoms with E-state index < -0.39 is 0 Å². The molecule has 3 N–H and O–H groups in total. The number of ether oxygens (including phenoxy) is 1. The second-order valence-electron chi connectivity index (χ2n) is 3.38. The first-order valence-electron chi connectivity index (χ1n) is 6.22. The van der Waals surface area contributed by atoms with E-state index in [9.17, 15) is 4.79 Å². The molecule has 0 atom stereocenters. The third kappa shape index (κ3) is 11.5.